The lowest BCUT2D eigenvalue weighted by molar-refractivity contribution is -0.387. The van der Waals surface area contributed by atoms with Crippen LogP contribution in [0.2, 0.25) is 0 Å². The van der Waals surface area contributed by atoms with E-state index in [-0.39, 0.29) is 11.6 Å². The quantitative estimate of drug-likeness (QED) is 0.601. The summed E-state index contributed by atoms with van der Waals surface area (Å²) < 4.78 is 5.49. The Morgan fingerprint density at radius 3 is 2.79 bits per heavy atom. The van der Waals surface area contributed by atoms with Gasteiger partial charge in [-0.1, -0.05) is 6.92 Å². The molecule has 1 aromatic rings. The van der Waals surface area contributed by atoms with Gasteiger partial charge in [0.15, 0.2) is 0 Å². The summed E-state index contributed by atoms with van der Waals surface area (Å²) in [6.07, 6.45) is 3.18. The minimum atomic E-state index is -0.485. The van der Waals surface area contributed by atoms with Crippen LogP contribution in [0.1, 0.15) is 31.9 Å². The summed E-state index contributed by atoms with van der Waals surface area (Å²) in [5, 5.41) is 14.1. The van der Waals surface area contributed by atoms with Crippen molar-refractivity contribution in [2.24, 2.45) is 5.92 Å². The molecule has 0 unspecified atom stereocenters. The third-order valence-electron chi connectivity index (χ3n) is 2.89. The molecule has 2 rings (SSSR count). The first kappa shape index (κ1) is 13.5. The van der Waals surface area contributed by atoms with E-state index in [0.717, 1.165) is 25.8 Å². The molecule has 1 aromatic heterocycles. The van der Waals surface area contributed by atoms with Crippen LogP contribution in [0.15, 0.2) is 0 Å². The summed E-state index contributed by atoms with van der Waals surface area (Å²) in [4.78, 5) is 18.8. The van der Waals surface area contributed by atoms with E-state index in [1.54, 1.807) is 6.92 Å². The van der Waals surface area contributed by atoms with Crippen molar-refractivity contribution in [3.05, 3.63) is 15.8 Å². The van der Waals surface area contributed by atoms with Gasteiger partial charge in [-0.15, -0.1) is 0 Å². The molecule has 1 aliphatic rings. The molecular formula is C12H18N4O3. The Kier molecular flexibility index (Phi) is 4.13. The largest absolute Gasteiger partial charge is 0.472 e. The van der Waals surface area contributed by atoms with Crippen molar-refractivity contribution in [3.63, 3.8) is 0 Å². The van der Waals surface area contributed by atoms with Crippen molar-refractivity contribution in [1.82, 2.24) is 9.97 Å². The SMILES string of the molecule is CCCNc1nc(C)c([N+](=O)[O-])c(OCC2CC2)n1. The van der Waals surface area contributed by atoms with Crippen LogP contribution in [-0.4, -0.2) is 28.0 Å². The summed E-state index contributed by atoms with van der Waals surface area (Å²) in [5.41, 5.74) is 0.187. The summed E-state index contributed by atoms with van der Waals surface area (Å²) >= 11 is 0. The van der Waals surface area contributed by atoms with Gasteiger partial charge in [0.05, 0.1) is 11.5 Å². The van der Waals surface area contributed by atoms with Crippen molar-refractivity contribution in [2.75, 3.05) is 18.5 Å². The van der Waals surface area contributed by atoms with Gasteiger partial charge in [0.25, 0.3) is 5.88 Å². The molecule has 1 fully saturated rings. The maximum Gasteiger partial charge on any atom is 0.352 e. The smallest absolute Gasteiger partial charge is 0.352 e. The van der Waals surface area contributed by atoms with Crippen LogP contribution in [0.5, 0.6) is 5.88 Å². The summed E-state index contributed by atoms with van der Waals surface area (Å²) in [5.74, 6) is 0.973. The van der Waals surface area contributed by atoms with Crippen molar-refractivity contribution in [1.29, 1.82) is 0 Å². The molecule has 0 saturated heterocycles. The van der Waals surface area contributed by atoms with Crippen molar-refractivity contribution in [2.45, 2.75) is 33.1 Å². The van der Waals surface area contributed by atoms with E-state index < -0.39 is 4.92 Å². The molecule has 1 heterocycles. The predicted octanol–water partition coefficient (Wildman–Crippen LogP) is 2.30. The second kappa shape index (κ2) is 5.81. The van der Waals surface area contributed by atoms with Crippen LogP contribution >= 0.6 is 0 Å². The van der Waals surface area contributed by atoms with Gasteiger partial charge in [0, 0.05) is 6.54 Å². The number of rotatable bonds is 7. The fourth-order valence-corrected chi connectivity index (χ4v) is 1.65. The lowest BCUT2D eigenvalue weighted by Crippen LogP contribution is -2.10. The first-order chi connectivity index (χ1) is 9.11. The van der Waals surface area contributed by atoms with Gasteiger partial charge in [0.1, 0.15) is 5.69 Å². The Balaban J connectivity index is 2.22. The zero-order chi connectivity index (χ0) is 13.8. The van der Waals surface area contributed by atoms with E-state index in [9.17, 15) is 10.1 Å². The number of hydrogen-bond donors (Lipinski definition) is 1. The average molecular weight is 266 g/mol. The Hall–Kier alpha value is -1.92. The van der Waals surface area contributed by atoms with Crippen LogP contribution in [0.3, 0.4) is 0 Å². The number of anilines is 1. The van der Waals surface area contributed by atoms with Gasteiger partial charge in [0.2, 0.25) is 5.95 Å². The van der Waals surface area contributed by atoms with E-state index in [1.807, 2.05) is 6.92 Å². The van der Waals surface area contributed by atoms with Crippen LogP contribution in [0, 0.1) is 23.0 Å². The predicted molar refractivity (Wildman–Crippen MR) is 70.4 cm³/mol. The average Bonchev–Trinajstić information content (AvgIpc) is 3.16. The second-order valence-electron chi connectivity index (χ2n) is 4.72. The fourth-order valence-electron chi connectivity index (χ4n) is 1.65. The number of aryl methyl sites for hydroxylation is 1. The van der Waals surface area contributed by atoms with Crippen LogP contribution in [0.4, 0.5) is 11.6 Å². The highest BCUT2D eigenvalue weighted by Gasteiger charge is 2.27. The molecule has 0 amide bonds. The molecule has 0 atom stereocenters. The third kappa shape index (κ3) is 3.52. The van der Waals surface area contributed by atoms with E-state index in [1.165, 1.54) is 0 Å². The molecule has 0 radical (unpaired) electrons. The first-order valence-corrected chi connectivity index (χ1v) is 6.51. The second-order valence-corrected chi connectivity index (χ2v) is 4.72. The molecule has 0 aromatic carbocycles. The lowest BCUT2D eigenvalue weighted by atomic mass is 10.3. The van der Waals surface area contributed by atoms with Crippen molar-refractivity contribution in [3.8, 4) is 5.88 Å². The zero-order valence-electron chi connectivity index (χ0n) is 11.2. The number of nitrogens with one attached hydrogen (secondary N) is 1. The monoisotopic (exact) mass is 266 g/mol. The Bertz CT molecular complexity index is 474. The molecule has 104 valence electrons. The van der Waals surface area contributed by atoms with E-state index in [2.05, 4.69) is 15.3 Å². The maximum absolute atomic E-state index is 11.1. The van der Waals surface area contributed by atoms with E-state index >= 15 is 0 Å². The molecule has 1 aliphatic carbocycles. The number of nitrogens with zero attached hydrogens (tertiary/aromatic N) is 3. The number of aromatic nitrogens is 2. The van der Waals surface area contributed by atoms with Crippen LogP contribution < -0.4 is 10.1 Å². The Morgan fingerprint density at radius 2 is 2.21 bits per heavy atom. The normalized spacial score (nSPS) is 14.2. The fraction of sp³-hybridized carbons (Fsp3) is 0.667. The highest BCUT2D eigenvalue weighted by molar-refractivity contribution is 5.48. The van der Waals surface area contributed by atoms with E-state index in [4.69, 9.17) is 4.74 Å². The molecule has 7 heteroatoms. The Labute approximate surface area is 111 Å². The van der Waals surface area contributed by atoms with Gasteiger partial charge >= 0.3 is 5.69 Å². The van der Waals surface area contributed by atoms with Crippen molar-refractivity contribution >= 4 is 11.6 Å². The summed E-state index contributed by atoms with van der Waals surface area (Å²) in [6.45, 7) is 4.83. The number of hydrogen-bond acceptors (Lipinski definition) is 6. The molecular weight excluding hydrogens is 248 g/mol. The molecule has 1 N–H and O–H groups in total. The van der Waals surface area contributed by atoms with Crippen LogP contribution in [0.25, 0.3) is 0 Å². The number of ether oxygens (including phenoxy) is 1. The molecule has 0 spiro atoms. The molecule has 7 nitrogen and oxygen atoms in total. The first-order valence-electron chi connectivity index (χ1n) is 6.51. The van der Waals surface area contributed by atoms with Crippen LogP contribution in [-0.2, 0) is 0 Å². The Morgan fingerprint density at radius 1 is 1.47 bits per heavy atom. The molecule has 1 saturated carbocycles. The lowest BCUT2D eigenvalue weighted by Gasteiger charge is -2.09. The highest BCUT2D eigenvalue weighted by atomic mass is 16.6. The summed E-state index contributed by atoms with van der Waals surface area (Å²) in [7, 11) is 0. The summed E-state index contributed by atoms with van der Waals surface area (Å²) in [6, 6.07) is 0. The van der Waals surface area contributed by atoms with Gasteiger partial charge in [-0.05, 0) is 32.1 Å². The third-order valence-corrected chi connectivity index (χ3v) is 2.89. The van der Waals surface area contributed by atoms with Gasteiger partial charge in [-0.25, -0.2) is 4.98 Å². The van der Waals surface area contributed by atoms with Gasteiger partial charge in [-0.2, -0.15) is 4.98 Å². The van der Waals surface area contributed by atoms with E-state index in [0.29, 0.717) is 24.2 Å². The molecule has 0 bridgehead atoms. The minimum absolute atomic E-state index is 0.0722. The standard InChI is InChI=1S/C12H18N4O3/c1-3-6-13-12-14-8(2)10(16(17)18)11(15-12)19-7-9-4-5-9/h9H,3-7H2,1-2H3,(H,13,14,15). The zero-order valence-corrected chi connectivity index (χ0v) is 11.2. The van der Waals surface area contributed by atoms with Gasteiger partial charge < -0.3 is 10.1 Å². The maximum atomic E-state index is 11.1. The van der Waals surface area contributed by atoms with Crippen molar-refractivity contribution < 1.29 is 9.66 Å². The number of nitro groups is 1. The minimum Gasteiger partial charge on any atom is -0.472 e. The topological polar surface area (TPSA) is 90.2 Å². The highest BCUT2D eigenvalue weighted by Crippen LogP contribution is 2.33. The van der Waals surface area contributed by atoms with Gasteiger partial charge in [-0.3, -0.25) is 10.1 Å². The molecule has 0 aliphatic heterocycles. The molecule has 19 heavy (non-hydrogen) atoms.